The lowest BCUT2D eigenvalue weighted by Crippen LogP contribution is -2.41. The molecule has 0 aliphatic heterocycles. The zero-order valence-corrected chi connectivity index (χ0v) is 20.7. The molecule has 0 saturated heterocycles. The summed E-state index contributed by atoms with van der Waals surface area (Å²) < 4.78 is 39.7. The second-order valence-electron chi connectivity index (χ2n) is 8.86. The van der Waals surface area contributed by atoms with E-state index in [1.165, 1.54) is 23.5 Å². The SMILES string of the molecule is C[N+](C)(C)CC(=O)Nc1c(C(=O)Nc2cccc(C(F)(F)F)c2)sc2nc(-c3cccs3)ccc12. The highest BCUT2D eigenvalue weighted by Gasteiger charge is 2.31. The van der Waals surface area contributed by atoms with Crippen molar-refractivity contribution < 1.29 is 27.2 Å². The Hall–Kier alpha value is -3.28. The first-order valence-electron chi connectivity index (χ1n) is 10.5. The van der Waals surface area contributed by atoms with Gasteiger partial charge in [-0.15, -0.1) is 22.7 Å². The van der Waals surface area contributed by atoms with Crippen molar-refractivity contribution in [2.75, 3.05) is 38.3 Å². The number of nitrogens with one attached hydrogen (secondary N) is 2. The summed E-state index contributed by atoms with van der Waals surface area (Å²) in [5, 5.41) is 7.86. The highest BCUT2D eigenvalue weighted by molar-refractivity contribution is 7.21. The van der Waals surface area contributed by atoms with Gasteiger partial charge in [-0.05, 0) is 41.8 Å². The van der Waals surface area contributed by atoms with Gasteiger partial charge in [-0.2, -0.15) is 13.2 Å². The molecule has 0 aliphatic carbocycles. The smallest absolute Gasteiger partial charge is 0.323 e. The van der Waals surface area contributed by atoms with Gasteiger partial charge in [-0.25, -0.2) is 4.98 Å². The molecule has 0 fully saturated rings. The molecule has 0 spiro atoms. The molecular formula is C24H22F3N4O2S2+. The zero-order chi connectivity index (χ0) is 25.4. The minimum atomic E-state index is -4.54. The number of quaternary nitrogens is 1. The molecule has 0 radical (unpaired) electrons. The van der Waals surface area contributed by atoms with Crippen LogP contribution in [0.15, 0.2) is 53.9 Å². The minimum absolute atomic E-state index is 0.00171. The van der Waals surface area contributed by atoms with Crippen LogP contribution in [0.2, 0.25) is 0 Å². The van der Waals surface area contributed by atoms with E-state index in [1.54, 1.807) is 6.07 Å². The number of aromatic nitrogens is 1. The van der Waals surface area contributed by atoms with Crippen LogP contribution in [0, 0.1) is 0 Å². The van der Waals surface area contributed by atoms with Crippen molar-refractivity contribution in [3.05, 3.63) is 64.4 Å². The van der Waals surface area contributed by atoms with E-state index in [-0.39, 0.29) is 28.7 Å². The summed E-state index contributed by atoms with van der Waals surface area (Å²) in [5.74, 6) is -0.932. The first-order chi connectivity index (χ1) is 16.4. The largest absolute Gasteiger partial charge is 0.416 e. The Balaban J connectivity index is 1.73. The predicted molar refractivity (Wildman–Crippen MR) is 134 cm³/mol. The Morgan fingerprint density at radius 1 is 1.03 bits per heavy atom. The number of alkyl halides is 3. The van der Waals surface area contributed by atoms with Crippen LogP contribution in [0.1, 0.15) is 15.2 Å². The number of fused-ring (bicyclic) bond motifs is 1. The van der Waals surface area contributed by atoms with Crippen LogP contribution in [0.3, 0.4) is 0 Å². The molecule has 4 aromatic rings. The molecule has 3 heterocycles. The fourth-order valence-corrected chi connectivity index (χ4v) is 5.11. The summed E-state index contributed by atoms with van der Waals surface area (Å²) in [5.41, 5.74) is 0.143. The molecule has 3 aromatic heterocycles. The number of rotatable bonds is 6. The average molecular weight is 520 g/mol. The number of anilines is 2. The molecule has 0 aliphatic rings. The van der Waals surface area contributed by atoms with Crippen molar-refractivity contribution in [3.63, 3.8) is 0 Å². The molecule has 11 heteroatoms. The summed E-state index contributed by atoms with van der Waals surface area (Å²) in [6.07, 6.45) is -4.54. The van der Waals surface area contributed by atoms with E-state index >= 15 is 0 Å². The van der Waals surface area contributed by atoms with Gasteiger partial charge in [0.2, 0.25) is 0 Å². The van der Waals surface area contributed by atoms with Crippen LogP contribution in [0.25, 0.3) is 20.8 Å². The quantitative estimate of drug-likeness (QED) is 0.310. The maximum Gasteiger partial charge on any atom is 0.416 e. The molecule has 0 unspecified atom stereocenters. The molecular weight excluding hydrogens is 497 g/mol. The van der Waals surface area contributed by atoms with Crippen molar-refractivity contribution in [2.24, 2.45) is 0 Å². The lowest BCUT2D eigenvalue weighted by atomic mass is 10.2. The Labute approximate surface area is 207 Å². The summed E-state index contributed by atoms with van der Waals surface area (Å²) in [7, 11) is 5.59. The molecule has 182 valence electrons. The Morgan fingerprint density at radius 2 is 1.80 bits per heavy atom. The fraction of sp³-hybridized carbons (Fsp3) is 0.208. The van der Waals surface area contributed by atoms with Gasteiger partial charge in [0.15, 0.2) is 6.54 Å². The fourth-order valence-electron chi connectivity index (χ4n) is 3.39. The van der Waals surface area contributed by atoms with E-state index in [1.807, 2.05) is 44.7 Å². The standard InChI is InChI=1S/C24H21F3N4O2S2/c1-31(2,3)13-19(32)30-20-16-9-10-17(18-8-5-11-34-18)29-23(16)35-21(20)22(33)28-15-7-4-6-14(12-15)24(25,26)27/h4-12H,13H2,1-3H3,(H-,28,30,32,33)/p+1. The molecule has 0 bridgehead atoms. The van der Waals surface area contributed by atoms with Crippen LogP contribution in [0.5, 0.6) is 0 Å². The number of pyridine rings is 1. The van der Waals surface area contributed by atoms with Crippen molar-refractivity contribution in [1.82, 2.24) is 4.98 Å². The van der Waals surface area contributed by atoms with E-state index in [0.29, 0.717) is 14.7 Å². The number of amides is 2. The van der Waals surface area contributed by atoms with Gasteiger partial charge >= 0.3 is 6.18 Å². The summed E-state index contributed by atoms with van der Waals surface area (Å²) in [6.45, 7) is 0.159. The van der Waals surface area contributed by atoms with Crippen LogP contribution in [-0.2, 0) is 11.0 Å². The molecule has 0 saturated carbocycles. The minimum Gasteiger partial charge on any atom is -0.323 e. The highest BCUT2D eigenvalue weighted by Crippen LogP contribution is 2.38. The number of hydrogen-bond acceptors (Lipinski definition) is 5. The van der Waals surface area contributed by atoms with Crippen molar-refractivity contribution in [2.45, 2.75) is 6.18 Å². The van der Waals surface area contributed by atoms with Crippen molar-refractivity contribution >= 4 is 56.1 Å². The first kappa shape index (κ1) is 24.8. The molecule has 1 aromatic carbocycles. The summed E-state index contributed by atoms with van der Waals surface area (Å²) in [4.78, 5) is 32.2. The van der Waals surface area contributed by atoms with E-state index in [2.05, 4.69) is 15.6 Å². The number of thiophene rings is 2. The van der Waals surface area contributed by atoms with Gasteiger partial charge in [-0.1, -0.05) is 12.1 Å². The van der Waals surface area contributed by atoms with E-state index in [4.69, 9.17) is 0 Å². The Bertz CT molecular complexity index is 1390. The number of carbonyl (C=O) groups excluding carboxylic acids is 2. The number of hydrogen-bond donors (Lipinski definition) is 2. The molecule has 2 amide bonds. The number of nitrogens with zero attached hydrogens (tertiary/aromatic N) is 2. The van der Waals surface area contributed by atoms with E-state index in [0.717, 1.165) is 34.0 Å². The average Bonchev–Trinajstić information content (AvgIpc) is 3.40. The molecule has 6 nitrogen and oxygen atoms in total. The second kappa shape index (κ2) is 9.40. The zero-order valence-electron chi connectivity index (χ0n) is 19.1. The van der Waals surface area contributed by atoms with Gasteiger partial charge in [0.1, 0.15) is 9.71 Å². The molecule has 35 heavy (non-hydrogen) atoms. The van der Waals surface area contributed by atoms with Crippen LogP contribution in [0.4, 0.5) is 24.5 Å². The lowest BCUT2D eigenvalue weighted by molar-refractivity contribution is -0.861. The van der Waals surface area contributed by atoms with Crippen LogP contribution in [-0.4, -0.2) is 49.0 Å². The lowest BCUT2D eigenvalue weighted by Gasteiger charge is -2.22. The number of carbonyl (C=O) groups is 2. The second-order valence-corrected chi connectivity index (χ2v) is 10.8. The van der Waals surface area contributed by atoms with Gasteiger partial charge in [0.05, 0.1) is 43.0 Å². The summed E-state index contributed by atoms with van der Waals surface area (Å²) in [6, 6.07) is 11.8. The summed E-state index contributed by atoms with van der Waals surface area (Å²) >= 11 is 2.59. The van der Waals surface area contributed by atoms with Gasteiger partial charge < -0.3 is 15.1 Å². The number of likely N-dealkylation sites (N-methyl/N-ethyl adjacent to an activating group) is 1. The van der Waals surface area contributed by atoms with Crippen molar-refractivity contribution in [3.8, 4) is 10.6 Å². The Morgan fingerprint density at radius 3 is 2.46 bits per heavy atom. The third kappa shape index (κ3) is 5.87. The maximum atomic E-state index is 13.2. The monoisotopic (exact) mass is 519 g/mol. The molecule has 0 atom stereocenters. The van der Waals surface area contributed by atoms with E-state index in [9.17, 15) is 22.8 Å². The predicted octanol–water partition coefficient (Wildman–Crippen LogP) is 5.94. The maximum absolute atomic E-state index is 13.2. The highest BCUT2D eigenvalue weighted by atomic mass is 32.1. The number of benzene rings is 1. The van der Waals surface area contributed by atoms with Crippen LogP contribution < -0.4 is 10.6 Å². The van der Waals surface area contributed by atoms with Gasteiger partial charge in [-0.3, -0.25) is 9.59 Å². The van der Waals surface area contributed by atoms with E-state index < -0.39 is 17.6 Å². The van der Waals surface area contributed by atoms with Gasteiger partial charge in [0, 0.05) is 11.1 Å². The van der Waals surface area contributed by atoms with Gasteiger partial charge in [0.25, 0.3) is 11.8 Å². The molecule has 2 N–H and O–H groups in total. The molecule has 4 rings (SSSR count). The topological polar surface area (TPSA) is 71.1 Å². The Kier molecular flexibility index (Phi) is 6.67. The van der Waals surface area contributed by atoms with Crippen molar-refractivity contribution in [1.29, 1.82) is 0 Å². The normalized spacial score (nSPS) is 12.1. The number of halogens is 3. The third-order valence-electron chi connectivity index (χ3n) is 4.87. The third-order valence-corrected chi connectivity index (χ3v) is 6.86. The van der Waals surface area contributed by atoms with Crippen LogP contribution >= 0.6 is 22.7 Å². The first-order valence-corrected chi connectivity index (χ1v) is 12.2.